The number of hydrogen-bond donors (Lipinski definition) is 4. The van der Waals surface area contributed by atoms with Crippen molar-refractivity contribution in [1.29, 1.82) is 0 Å². The third-order valence-corrected chi connectivity index (χ3v) is 5.01. The zero-order valence-corrected chi connectivity index (χ0v) is 19.3. The van der Waals surface area contributed by atoms with E-state index in [0.717, 1.165) is 47.0 Å². The average Bonchev–Trinajstić information content (AvgIpc) is 3.14. The molecule has 1 amide bonds. The summed E-state index contributed by atoms with van der Waals surface area (Å²) in [6.45, 7) is 4.09. The molecule has 0 saturated heterocycles. The second kappa shape index (κ2) is 10.4. The molecule has 0 aliphatic carbocycles. The van der Waals surface area contributed by atoms with Gasteiger partial charge in [-0.25, -0.2) is 4.98 Å². The minimum absolute atomic E-state index is 0. The Morgan fingerprint density at radius 3 is 2.80 bits per heavy atom. The maximum atomic E-state index is 12.0. The van der Waals surface area contributed by atoms with Crippen molar-refractivity contribution in [2.24, 2.45) is 4.99 Å². The smallest absolute Gasteiger partial charge is 0.225 e. The van der Waals surface area contributed by atoms with Crippen molar-refractivity contribution in [3.8, 4) is 0 Å². The number of imidazole rings is 1. The lowest BCUT2D eigenvalue weighted by molar-refractivity contribution is -0.116. The minimum atomic E-state index is 0. The van der Waals surface area contributed by atoms with Crippen LogP contribution >= 0.6 is 24.0 Å². The van der Waals surface area contributed by atoms with Gasteiger partial charge in [-0.2, -0.15) is 0 Å². The number of aromatic nitrogens is 2. The van der Waals surface area contributed by atoms with E-state index in [-0.39, 0.29) is 35.8 Å². The maximum Gasteiger partial charge on any atom is 0.225 e. The van der Waals surface area contributed by atoms with E-state index in [2.05, 4.69) is 32.0 Å². The number of H-pyrrole nitrogens is 1. The van der Waals surface area contributed by atoms with Crippen LogP contribution in [0.3, 0.4) is 0 Å². The normalized spacial score (nSPS) is 15.8. The molecule has 8 heteroatoms. The van der Waals surface area contributed by atoms with Crippen LogP contribution in [0.5, 0.6) is 0 Å². The number of carbonyl (C=O) groups excluding carboxylic acids is 1. The summed E-state index contributed by atoms with van der Waals surface area (Å²) in [7, 11) is 0. The van der Waals surface area contributed by atoms with Gasteiger partial charge < -0.3 is 20.9 Å². The van der Waals surface area contributed by atoms with E-state index in [0.29, 0.717) is 19.5 Å². The lowest BCUT2D eigenvalue weighted by Gasteiger charge is -2.24. The fourth-order valence-electron chi connectivity index (χ4n) is 3.63. The number of nitrogens with zero attached hydrogens (tertiary/aromatic N) is 2. The van der Waals surface area contributed by atoms with Gasteiger partial charge >= 0.3 is 0 Å². The average molecular weight is 518 g/mol. The van der Waals surface area contributed by atoms with Crippen LogP contribution < -0.4 is 16.0 Å². The molecule has 1 unspecified atom stereocenters. The van der Waals surface area contributed by atoms with Crippen LogP contribution in [0.2, 0.25) is 0 Å². The largest absolute Gasteiger partial charge is 0.357 e. The SMILES string of the molecule is CCNC(=NCC1CC(=O)Nc2ccccc21)NCCc1nc2ccccc2[nH]1.I. The fourth-order valence-corrected chi connectivity index (χ4v) is 3.63. The predicted octanol–water partition coefficient (Wildman–Crippen LogP) is 3.40. The number of amides is 1. The van der Waals surface area contributed by atoms with Crippen LogP contribution in [0, 0.1) is 0 Å². The number of guanidine groups is 1. The molecule has 30 heavy (non-hydrogen) atoms. The van der Waals surface area contributed by atoms with E-state index < -0.39 is 0 Å². The van der Waals surface area contributed by atoms with Crippen molar-refractivity contribution in [2.45, 2.75) is 25.7 Å². The van der Waals surface area contributed by atoms with Gasteiger partial charge in [-0.05, 0) is 30.7 Å². The molecule has 1 aromatic heterocycles. The van der Waals surface area contributed by atoms with Crippen LogP contribution in [0.4, 0.5) is 5.69 Å². The third-order valence-electron chi connectivity index (χ3n) is 5.01. The van der Waals surface area contributed by atoms with Gasteiger partial charge in [-0.15, -0.1) is 24.0 Å². The molecule has 1 atom stereocenters. The Balaban J connectivity index is 0.00000256. The Kier molecular flexibility index (Phi) is 7.67. The summed E-state index contributed by atoms with van der Waals surface area (Å²) in [5.74, 6) is 1.84. The van der Waals surface area contributed by atoms with Gasteiger partial charge in [0.25, 0.3) is 0 Å². The van der Waals surface area contributed by atoms with Crippen LogP contribution in [0.1, 0.15) is 30.7 Å². The lowest BCUT2D eigenvalue weighted by atomic mass is 9.91. The van der Waals surface area contributed by atoms with Gasteiger partial charge in [0.1, 0.15) is 5.82 Å². The van der Waals surface area contributed by atoms with Gasteiger partial charge in [0.15, 0.2) is 5.96 Å². The van der Waals surface area contributed by atoms with E-state index in [1.165, 1.54) is 0 Å². The second-order valence-corrected chi connectivity index (χ2v) is 7.13. The Hall–Kier alpha value is -2.62. The number of para-hydroxylation sites is 3. The van der Waals surface area contributed by atoms with Crippen LogP contribution in [-0.4, -0.2) is 41.5 Å². The fraction of sp³-hybridized carbons (Fsp3) is 0.318. The maximum absolute atomic E-state index is 12.0. The zero-order valence-electron chi connectivity index (χ0n) is 16.9. The van der Waals surface area contributed by atoms with Gasteiger partial charge in [-0.3, -0.25) is 9.79 Å². The molecule has 1 aliphatic rings. The summed E-state index contributed by atoms with van der Waals surface area (Å²) in [6, 6.07) is 16.0. The van der Waals surface area contributed by atoms with E-state index in [1.54, 1.807) is 0 Å². The molecule has 4 rings (SSSR count). The number of fused-ring (bicyclic) bond motifs is 2. The van der Waals surface area contributed by atoms with Gasteiger partial charge in [0.05, 0.1) is 17.6 Å². The Morgan fingerprint density at radius 1 is 1.17 bits per heavy atom. The first kappa shape index (κ1) is 22.1. The highest BCUT2D eigenvalue weighted by atomic mass is 127. The van der Waals surface area contributed by atoms with Crippen LogP contribution in [0.15, 0.2) is 53.5 Å². The summed E-state index contributed by atoms with van der Waals surface area (Å²) >= 11 is 0. The molecule has 4 N–H and O–H groups in total. The highest BCUT2D eigenvalue weighted by Crippen LogP contribution is 2.31. The van der Waals surface area contributed by atoms with Gasteiger partial charge in [0.2, 0.25) is 5.91 Å². The number of anilines is 1. The summed E-state index contributed by atoms with van der Waals surface area (Å²) in [6.07, 6.45) is 1.23. The number of aliphatic imine (C=N–C) groups is 1. The van der Waals surface area contributed by atoms with E-state index in [1.807, 2.05) is 49.4 Å². The van der Waals surface area contributed by atoms with Gasteiger partial charge in [0, 0.05) is 37.5 Å². The highest BCUT2D eigenvalue weighted by molar-refractivity contribution is 14.0. The molecule has 3 aromatic rings. The predicted molar refractivity (Wildman–Crippen MR) is 132 cm³/mol. The number of hydrogen-bond acceptors (Lipinski definition) is 3. The van der Waals surface area contributed by atoms with Crippen LogP contribution in [-0.2, 0) is 11.2 Å². The summed E-state index contributed by atoms with van der Waals surface area (Å²) < 4.78 is 0. The van der Waals surface area contributed by atoms with Crippen molar-refractivity contribution < 1.29 is 4.79 Å². The van der Waals surface area contributed by atoms with E-state index >= 15 is 0 Å². The highest BCUT2D eigenvalue weighted by Gasteiger charge is 2.24. The number of nitrogens with one attached hydrogen (secondary N) is 4. The molecule has 1 aliphatic heterocycles. The van der Waals surface area contributed by atoms with E-state index in [9.17, 15) is 4.79 Å². The molecule has 158 valence electrons. The first-order chi connectivity index (χ1) is 14.2. The standard InChI is InChI=1S/C22H26N6O.HI/c1-2-23-22(24-12-11-20-26-18-9-5-6-10-19(18)27-20)25-14-15-13-21(29)28-17-8-4-3-7-16(15)17;/h3-10,15H,2,11-14H2,1H3,(H,26,27)(H,28,29)(H2,23,24,25);1H. The molecule has 0 saturated carbocycles. The molecule has 0 fully saturated rings. The van der Waals surface area contributed by atoms with Crippen molar-refractivity contribution in [3.63, 3.8) is 0 Å². The number of carbonyl (C=O) groups is 1. The first-order valence-corrected chi connectivity index (χ1v) is 10.1. The van der Waals surface area contributed by atoms with Crippen LogP contribution in [0.25, 0.3) is 11.0 Å². The Bertz CT molecular complexity index is 998. The van der Waals surface area contributed by atoms with Crippen molar-refractivity contribution in [2.75, 3.05) is 25.0 Å². The second-order valence-electron chi connectivity index (χ2n) is 7.13. The van der Waals surface area contributed by atoms with E-state index in [4.69, 9.17) is 4.99 Å². The molecule has 2 aromatic carbocycles. The monoisotopic (exact) mass is 518 g/mol. The van der Waals surface area contributed by atoms with Gasteiger partial charge in [-0.1, -0.05) is 30.3 Å². The molecular weight excluding hydrogens is 491 g/mol. The molecular formula is C22H27IN6O. The quantitative estimate of drug-likeness (QED) is 0.229. The number of halogens is 1. The van der Waals surface area contributed by atoms with Crippen molar-refractivity contribution in [3.05, 3.63) is 59.9 Å². The molecule has 0 radical (unpaired) electrons. The number of benzene rings is 2. The van der Waals surface area contributed by atoms with Crippen molar-refractivity contribution >= 4 is 52.6 Å². The zero-order chi connectivity index (χ0) is 20.1. The first-order valence-electron chi connectivity index (χ1n) is 10.1. The minimum Gasteiger partial charge on any atom is -0.357 e. The summed E-state index contributed by atoms with van der Waals surface area (Å²) in [5.41, 5.74) is 4.08. The number of rotatable bonds is 6. The summed E-state index contributed by atoms with van der Waals surface area (Å²) in [5, 5.41) is 9.58. The molecule has 2 heterocycles. The Labute approximate surface area is 193 Å². The molecule has 7 nitrogen and oxygen atoms in total. The summed E-state index contributed by atoms with van der Waals surface area (Å²) in [4.78, 5) is 24.7. The van der Waals surface area contributed by atoms with Crippen molar-refractivity contribution in [1.82, 2.24) is 20.6 Å². The molecule has 0 bridgehead atoms. The topological polar surface area (TPSA) is 94.2 Å². The lowest BCUT2D eigenvalue weighted by Crippen LogP contribution is -2.39. The molecule has 0 spiro atoms. The third kappa shape index (κ3) is 5.29. The number of aromatic amines is 1. The Morgan fingerprint density at radius 2 is 1.97 bits per heavy atom.